The maximum atomic E-state index is 2.58. The molecule has 0 spiro atoms. The smallest absolute Gasteiger partial charge is 0.0125 e. The second kappa shape index (κ2) is 6.41. The number of rotatable bonds is 6. The molecule has 0 atom stereocenters. The SMILES string of the molecule is CCCN(CCCN(C)C)C(C)(C)C. The van der Waals surface area contributed by atoms with E-state index in [1.165, 1.54) is 32.5 Å². The van der Waals surface area contributed by atoms with E-state index in [9.17, 15) is 0 Å². The molecular weight excluding hydrogens is 172 g/mol. The quantitative estimate of drug-likeness (QED) is 0.650. The minimum atomic E-state index is 0.322. The van der Waals surface area contributed by atoms with Gasteiger partial charge in [-0.1, -0.05) is 6.92 Å². The van der Waals surface area contributed by atoms with Crippen molar-refractivity contribution in [3.63, 3.8) is 0 Å². The number of hydrogen-bond donors (Lipinski definition) is 0. The van der Waals surface area contributed by atoms with E-state index in [0.29, 0.717) is 5.54 Å². The standard InChI is InChI=1S/C12H28N2/c1-7-9-14(12(2,3)4)11-8-10-13(5)6/h7-11H2,1-6H3. The molecule has 0 aliphatic rings. The van der Waals surface area contributed by atoms with Crippen molar-refractivity contribution in [3.05, 3.63) is 0 Å². The third-order valence-corrected chi connectivity index (χ3v) is 2.48. The Morgan fingerprint density at radius 1 is 0.929 bits per heavy atom. The summed E-state index contributed by atoms with van der Waals surface area (Å²) in [6, 6.07) is 0. The third-order valence-electron chi connectivity index (χ3n) is 2.48. The van der Waals surface area contributed by atoms with E-state index in [1.54, 1.807) is 0 Å². The molecule has 0 aliphatic carbocycles. The predicted octanol–water partition coefficient (Wildman–Crippen LogP) is 2.45. The van der Waals surface area contributed by atoms with E-state index in [4.69, 9.17) is 0 Å². The Morgan fingerprint density at radius 3 is 1.86 bits per heavy atom. The van der Waals surface area contributed by atoms with Gasteiger partial charge in [-0.05, 0) is 67.3 Å². The topological polar surface area (TPSA) is 6.48 Å². The Kier molecular flexibility index (Phi) is 6.38. The molecule has 0 heterocycles. The minimum Gasteiger partial charge on any atom is -0.309 e. The molecule has 0 aromatic rings. The van der Waals surface area contributed by atoms with Crippen LogP contribution in [-0.2, 0) is 0 Å². The van der Waals surface area contributed by atoms with Gasteiger partial charge >= 0.3 is 0 Å². The molecule has 0 radical (unpaired) electrons. The summed E-state index contributed by atoms with van der Waals surface area (Å²) in [4.78, 5) is 4.84. The van der Waals surface area contributed by atoms with Gasteiger partial charge in [0.25, 0.3) is 0 Å². The van der Waals surface area contributed by atoms with Gasteiger partial charge in [-0.15, -0.1) is 0 Å². The summed E-state index contributed by atoms with van der Waals surface area (Å²) < 4.78 is 0. The zero-order valence-electron chi connectivity index (χ0n) is 10.9. The first-order valence-electron chi connectivity index (χ1n) is 5.77. The number of hydrogen-bond acceptors (Lipinski definition) is 2. The van der Waals surface area contributed by atoms with Crippen LogP contribution in [0.2, 0.25) is 0 Å². The first-order valence-corrected chi connectivity index (χ1v) is 5.77. The summed E-state index contributed by atoms with van der Waals surface area (Å²) in [6.45, 7) is 12.8. The lowest BCUT2D eigenvalue weighted by molar-refractivity contribution is 0.131. The molecular formula is C12H28N2. The fraction of sp³-hybridized carbons (Fsp3) is 1.00. The van der Waals surface area contributed by atoms with Crippen molar-refractivity contribution in [2.45, 2.75) is 46.1 Å². The third kappa shape index (κ3) is 6.39. The summed E-state index contributed by atoms with van der Waals surface area (Å²) in [5.74, 6) is 0. The zero-order chi connectivity index (χ0) is 11.2. The Morgan fingerprint density at radius 2 is 1.50 bits per heavy atom. The van der Waals surface area contributed by atoms with E-state index >= 15 is 0 Å². The highest BCUT2D eigenvalue weighted by Crippen LogP contribution is 2.13. The number of nitrogens with zero attached hydrogens (tertiary/aromatic N) is 2. The molecule has 86 valence electrons. The largest absolute Gasteiger partial charge is 0.309 e. The fourth-order valence-corrected chi connectivity index (χ4v) is 1.63. The average Bonchev–Trinajstić information content (AvgIpc) is 2.00. The molecule has 2 nitrogen and oxygen atoms in total. The first kappa shape index (κ1) is 13.9. The second-order valence-corrected chi connectivity index (χ2v) is 5.31. The van der Waals surface area contributed by atoms with Crippen LogP contribution in [0, 0.1) is 0 Å². The highest BCUT2D eigenvalue weighted by Gasteiger charge is 2.19. The van der Waals surface area contributed by atoms with Gasteiger partial charge in [0.2, 0.25) is 0 Å². The van der Waals surface area contributed by atoms with Gasteiger partial charge in [0.05, 0.1) is 0 Å². The highest BCUT2D eigenvalue weighted by atomic mass is 15.2. The lowest BCUT2D eigenvalue weighted by atomic mass is 10.1. The van der Waals surface area contributed by atoms with E-state index in [1.807, 2.05) is 0 Å². The molecule has 0 aliphatic heterocycles. The summed E-state index contributed by atoms with van der Waals surface area (Å²) in [7, 11) is 4.28. The average molecular weight is 200 g/mol. The lowest BCUT2D eigenvalue weighted by Gasteiger charge is -2.35. The molecule has 0 rings (SSSR count). The molecule has 2 heteroatoms. The molecule has 0 N–H and O–H groups in total. The van der Waals surface area contributed by atoms with Crippen molar-refractivity contribution < 1.29 is 0 Å². The van der Waals surface area contributed by atoms with Gasteiger partial charge in [0.15, 0.2) is 0 Å². The first-order chi connectivity index (χ1) is 6.38. The van der Waals surface area contributed by atoms with Gasteiger partial charge in [0, 0.05) is 5.54 Å². The molecule has 14 heavy (non-hydrogen) atoms. The molecule has 0 fully saturated rings. The van der Waals surface area contributed by atoms with Gasteiger partial charge in [-0.25, -0.2) is 0 Å². The van der Waals surface area contributed by atoms with Gasteiger partial charge in [0.1, 0.15) is 0 Å². The van der Waals surface area contributed by atoms with Crippen molar-refractivity contribution in [3.8, 4) is 0 Å². The van der Waals surface area contributed by atoms with E-state index < -0.39 is 0 Å². The van der Waals surface area contributed by atoms with Gasteiger partial charge < -0.3 is 4.90 Å². The van der Waals surface area contributed by atoms with Crippen LogP contribution < -0.4 is 0 Å². The van der Waals surface area contributed by atoms with Crippen molar-refractivity contribution in [2.75, 3.05) is 33.7 Å². The maximum Gasteiger partial charge on any atom is 0.0125 e. The van der Waals surface area contributed by atoms with Crippen LogP contribution >= 0.6 is 0 Å². The summed E-state index contributed by atoms with van der Waals surface area (Å²) in [5.41, 5.74) is 0.322. The van der Waals surface area contributed by atoms with E-state index in [0.717, 1.165) is 0 Å². The van der Waals surface area contributed by atoms with Crippen LogP contribution in [0.3, 0.4) is 0 Å². The van der Waals surface area contributed by atoms with Crippen molar-refractivity contribution in [2.24, 2.45) is 0 Å². The Labute approximate surface area is 90.3 Å². The van der Waals surface area contributed by atoms with Crippen LogP contribution in [-0.4, -0.2) is 49.1 Å². The van der Waals surface area contributed by atoms with Crippen LogP contribution in [0.15, 0.2) is 0 Å². The van der Waals surface area contributed by atoms with Crippen LogP contribution in [0.25, 0.3) is 0 Å². The van der Waals surface area contributed by atoms with Crippen molar-refractivity contribution in [1.29, 1.82) is 0 Å². The van der Waals surface area contributed by atoms with Crippen LogP contribution in [0.1, 0.15) is 40.5 Å². The zero-order valence-corrected chi connectivity index (χ0v) is 10.9. The van der Waals surface area contributed by atoms with Crippen LogP contribution in [0.4, 0.5) is 0 Å². The van der Waals surface area contributed by atoms with Crippen molar-refractivity contribution >= 4 is 0 Å². The minimum absolute atomic E-state index is 0.322. The van der Waals surface area contributed by atoms with Crippen molar-refractivity contribution in [1.82, 2.24) is 9.80 Å². The maximum absolute atomic E-state index is 2.58. The fourth-order valence-electron chi connectivity index (χ4n) is 1.63. The summed E-state index contributed by atoms with van der Waals surface area (Å²) in [6.07, 6.45) is 2.52. The second-order valence-electron chi connectivity index (χ2n) is 5.31. The summed E-state index contributed by atoms with van der Waals surface area (Å²) >= 11 is 0. The molecule has 0 aromatic carbocycles. The monoisotopic (exact) mass is 200 g/mol. The highest BCUT2D eigenvalue weighted by molar-refractivity contribution is 4.75. The molecule has 0 unspecified atom stereocenters. The Balaban J connectivity index is 3.86. The molecule has 0 bridgehead atoms. The molecule has 0 saturated carbocycles. The van der Waals surface area contributed by atoms with Crippen LogP contribution in [0.5, 0.6) is 0 Å². The molecule has 0 aromatic heterocycles. The van der Waals surface area contributed by atoms with E-state index in [-0.39, 0.29) is 0 Å². The summed E-state index contributed by atoms with van der Waals surface area (Å²) in [5, 5.41) is 0. The molecule has 0 amide bonds. The Bertz CT molecular complexity index is 136. The lowest BCUT2D eigenvalue weighted by Crippen LogP contribution is -2.43. The molecule has 0 saturated heterocycles. The van der Waals surface area contributed by atoms with Gasteiger partial charge in [-0.3, -0.25) is 4.90 Å². The van der Waals surface area contributed by atoms with Gasteiger partial charge in [-0.2, -0.15) is 0 Å². The predicted molar refractivity (Wildman–Crippen MR) is 64.8 cm³/mol. The van der Waals surface area contributed by atoms with E-state index in [2.05, 4.69) is 51.6 Å². The normalized spacial score (nSPS) is 12.9. The Hall–Kier alpha value is -0.0800.